The number of nitrogens with one attached hydrogen (secondary N) is 1. The van der Waals surface area contributed by atoms with Gasteiger partial charge in [-0.15, -0.1) is 0 Å². The quantitative estimate of drug-likeness (QED) is 0.0373. The zero-order chi connectivity index (χ0) is 53.0. The predicted molar refractivity (Wildman–Crippen MR) is 293 cm³/mol. The molecule has 4 fully saturated rings. The Kier molecular flexibility index (Phi) is 21.8. The van der Waals surface area contributed by atoms with Crippen LogP contribution in [0.2, 0.25) is 0 Å². The number of benzene rings is 5. The van der Waals surface area contributed by atoms with Gasteiger partial charge in [-0.3, -0.25) is 4.79 Å². The van der Waals surface area contributed by atoms with E-state index < -0.39 is 54.8 Å². The molecule has 1 unspecified atom stereocenters. The van der Waals surface area contributed by atoms with Gasteiger partial charge in [0.1, 0.15) is 18.0 Å². The van der Waals surface area contributed by atoms with E-state index in [0.29, 0.717) is 24.1 Å². The second-order valence-corrected chi connectivity index (χ2v) is 20.4. The molecule has 416 valence electrons. The van der Waals surface area contributed by atoms with Crippen molar-refractivity contribution in [3.63, 3.8) is 0 Å². The lowest BCUT2D eigenvalue weighted by Gasteiger charge is -2.30. The van der Waals surface area contributed by atoms with Crippen LogP contribution in [-0.4, -0.2) is 117 Å². The highest BCUT2D eigenvalue weighted by molar-refractivity contribution is 5.85. The summed E-state index contributed by atoms with van der Waals surface area (Å²) in [6, 6.07) is 36.0. The molecule has 2 saturated carbocycles. The zero-order valence-corrected chi connectivity index (χ0v) is 42.9. The highest BCUT2D eigenvalue weighted by atomic mass is 19.3. The maximum absolute atomic E-state index is 15.0. The van der Waals surface area contributed by atoms with Gasteiger partial charge in [0.2, 0.25) is 5.88 Å². The van der Waals surface area contributed by atoms with Gasteiger partial charge in [-0.1, -0.05) is 104 Å². The molecule has 2 aliphatic heterocycles. The van der Waals surface area contributed by atoms with Gasteiger partial charge in [0.15, 0.2) is 0 Å². The molecule has 0 spiro atoms. The van der Waals surface area contributed by atoms with E-state index in [-0.39, 0.29) is 38.6 Å². The van der Waals surface area contributed by atoms with Gasteiger partial charge in [0.05, 0.1) is 18.2 Å². The fourth-order valence-corrected chi connectivity index (χ4v) is 9.31. The third-order valence-corrected chi connectivity index (χ3v) is 14.1. The van der Waals surface area contributed by atoms with Crippen molar-refractivity contribution >= 4 is 33.4 Å². The van der Waals surface area contributed by atoms with Gasteiger partial charge in [-0.2, -0.15) is 17.6 Å². The highest BCUT2D eigenvalue weighted by Gasteiger charge is 2.41. The number of hydrogen-bond acceptors (Lipinski definition) is 11. The van der Waals surface area contributed by atoms with E-state index in [4.69, 9.17) is 20.3 Å². The number of carboxylic acids is 1. The molecule has 13 nitrogen and oxygen atoms in total. The molecule has 4 atom stereocenters. The summed E-state index contributed by atoms with van der Waals surface area (Å²) in [5.41, 5.74) is 8.91. The SMILES string of the molecule is C.N.N[C@H](CN1CCCC1)C(O)c1ccc(OC2CC2)nc1.O=C(N[C@H](CN1CCCC1)[C@H](O)c1ccc(OC2CC2)cc1)C(F)(F)CCc1ccc2ccccc2c1.O=C(O)C(F)(F)CCc1ccc2ccccc2c1. The number of aliphatic hydroxyl groups is 2. The van der Waals surface area contributed by atoms with Crippen LogP contribution in [0.1, 0.15) is 106 Å². The molecule has 4 aliphatic rings. The lowest BCUT2D eigenvalue weighted by atomic mass is 9.99. The number of rotatable bonds is 21. The Morgan fingerprint density at radius 2 is 1.12 bits per heavy atom. The van der Waals surface area contributed by atoms with Gasteiger partial charge in [0, 0.05) is 49.8 Å². The van der Waals surface area contributed by atoms with Crippen LogP contribution in [0.3, 0.4) is 0 Å². The van der Waals surface area contributed by atoms with E-state index in [1.165, 1.54) is 12.8 Å². The summed E-state index contributed by atoms with van der Waals surface area (Å²) in [6.45, 7) is 4.88. The molecule has 17 heteroatoms. The summed E-state index contributed by atoms with van der Waals surface area (Å²) in [5.74, 6) is -9.27. The minimum Gasteiger partial charge on any atom is -0.490 e. The number of alkyl halides is 4. The lowest BCUT2D eigenvalue weighted by Crippen LogP contribution is -2.51. The van der Waals surface area contributed by atoms with Crippen molar-refractivity contribution in [3.05, 3.63) is 150 Å². The fraction of sp³-hybridized carbons (Fsp3) is 0.450. The molecule has 77 heavy (non-hydrogen) atoms. The normalized spacial score (nSPS) is 17.3. The van der Waals surface area contributed by atoms with Crippen molar-refractivity contribution in [3.8, 4) is 11.6 Å². The first-order chi connectivity index (χ1) is 36.1. The molecule has 0 bridgehead atoms. The number of amides is 1. The minimum atomic E-state index is -3.66. The molecule has 1 amide bonds. The molecule has 6 aromatic rings. The highest BCUT2D eigenvalue weighted by Crippen LogP contribution is 2.31. The van der Waals surface area contributed by atoms with Crippen LogP contribution in [0.15, 0.2) is 128 Å². The van der Waals surface area contributed by atoms with E-state index in [1.807, 2.05) is 91.0 Å². The van der Waals surface area contributed by atoms with Crippen molar-refractivity contribution in [1.82, 2.24) is 26.3 Å². The van der Waals surface area contributed by atoms with Gasteiger partial charge in [-0.25, -0.2) is 9.78 Å². The first kappa shape index (κ1) is 60.0. The molecule has 0 radical (unpaired) electrons. The lowest BCUT2D eigenvalue weighted by molar-refractivity contribution is -0.165. The van der Waals surface area contributed by atoms with Crippen LogP contribution in [0, 0.1) is 0 Å². The monoisotopic (exact) mass is 1070 g/mol. The topological polar surface area (TPSA) is 206 Å². The standard InChI is InChI=1S/C30H34F2N2O3.C15H23N3O2.C14H12F2O2.CH4.H3N/c31-30(32,16-15-21-7-8-22-5-1-2-6-24(22)19-21)29(36)33-27(20-34-17-3-4-18-34)28(35)23-9-11-25(12-10-23)37-26-13-14-26;16-13(10-18-7-1-2-8-18)15(19)11-3-6-14(17-9-11)20-12-4-5-12;15-14(16,13(17)18)8-7-10-5-6-11-3-1-2-4-12(11)9-10;;/h1-2,5-12,19,26-28,35H,3-4,13-18,20H2,(H,33,36);3,6,9,12-13,15,19H,1-2,4-5,7-8,10,16H2;1-6,9H,7-8H2,(H,17,18);1H4;1H3/t27-,28-;13-,15?;;;/m11.../s1. The number of likely N-dealkylation sites (tertiary alicyclic amines) is 2. The van der Waals surface area contributed by atoms with Crippen LogP contribution < -0.4 is 26.7 Å². The molecule has 3 heterocycles. The van der Waals surface area contributed by atoms with Crippen LogP contribution in [0.5, 0.6) is 11.6 Å². The van der Waals surface area contributed by atoms with Crippen LogP contribution in [0.4, 0.5) is 17.6 Å². The second kappa shape index (κ2) is 27.9. The molecule has 9 N–H and O–H groups in total. The maximum Gasteiger partial charge on any atom is 0.374 e. The van der Waals surface area contributed by atoms with Crippen LogP contribution >= 0.6 is 0 Å². The number of carbonyl (C=O) groups is 2. The summed E-state index contributed by atoms with van der Waals surface area (Å²) < 4.78 is 67.3. The molecule has 1 aromatic heterocycles. The Morgan fingerprint density at radius 3 is 1.61 bits per heavy atom. The largest absolute Gasteiger partial charge is 0.490 e. The zero-order valence-electron chi connectivity index (χ0n) is 42.9. The Morgan fingerprint density at radius 1 is 0.636 bits per heavy atom. The van der Waals surface area contributed by atoms with E-state index in [1.54, 1.807) is 36.5 Å². The number of ether oxygens (including phenoxy) is 2. The van der Waals surface area contributed by atoms with Crippen molar-refractivity contribution in [2.75, 3.05) is 39.3 Å². The van der Waals surface area contributed by atoms with E-state index in [2.05, 4.69) is 20.1 Å². The van der Waals surface area contributed by atoms with Gasteiger partial charge in [0.25, 0.3) is 5.91 Å². The number of pyridine rings is 1. The number of carbonyl (C=O) groups excluding carboxylic acids is 1. The molecule has 5 aromatic carbocycles. The Labute approximate surface area is 449 Å². The number of nitrogens with zero attached hydrogens (tertiary/aromatic N) is 3. The summed E-state index contributed by atoms with van der Waals surface area (Å²) in [5, 5.41) is 36.3. The summed E-state index contributed by atoms with van der Waals surface area (Å²) in [6.07, 6.45) is 8.17. The average Bonchev–Trinajstić information content (AvgIpc) is 4.31. The number of aliphatic carboxylic acids is 1. The number of nitrogens with two attached hydrogens (primary N) is 1. The van der Waals surface area contributed by atoms with Crippen molar-refractivity contribution in [2.45, 2.75) is 133 Å². The number of fused-ring (bicyclic) bond motifs is 2. The second-order valence-electron chi connectivity index (χ2n) is 20.4. The number of aryl methyl sites for hydroxylation is 2. The van der Waals surface area contributed by atoms with Crippen LogP contribution in [0.25, 0.3) is 21.5 Å². The molecular weight excluding hydrogens is 993 g/mol. The Bertz CT molecular complexity index is 2790. The first-order valence-corrected chi connectivity index (χ1v) is 26.3. The van der Waals surface area contributed by atoms with Crippen LogP contribution in [-0.2, 0) is 22.4 Å². The van der Waals surface area contributed by atoms with Crippen molar-refractivity contribution in [2.24, 2.45) is 5.73 Å². The molecule has 10 rings (SSSR count). The minimum absolute atomic E-state index is 0. The summed E-state index contributed by atoms with van der Waals surface area (Å²) in [4.78, 5) is 31.8. The molecular formula is C60H76F4N6O7. The van der Waals surface area contributed by atoms with E-state index >= 15 is 8.78 Å². The number of hydrogen-bond donors (Lipinski definition) is 6. The number of aromatic nitrogens is 1. The van der Waals surface area contributed by atoms with E-state index in [9.17, 15) is 28.6 Å². The maximum atomic E-state index is 15.0. The van der Waals surface area contributed by atoms with E-state index in [0.717, 1.165) is 115 Å². The summed E-state index contributed by atoms with van der Waals surface area (Å²) >= 11 is 0. The molecule has 2 saturated heterocycles. The average molecular weight is 1070 g/mol. The fourth-order valence-electron chi connectivity index (χ4n) is 9.31. The van der Waals surface area contributed by atoms with Crippen molar-refractivity contribution < 1.29 is 51.9 Å². The Hall–Kier alpha value is -6.21. The van der Waals surface area contributed by atoms with Gasteiger partial charge in [-0.05, 0) is 147 Å². The first-order valence-electron chi connectivity index (χ1n) is 26.3. The van der Waals surface area contributed by atoms with Gasteiger partial charge < -0.3 is 51.8 Å². The number of halogens is 4. The van der Waals surface area contributed by atoms with Crippen molar-refractivity contribution in [1.29, 1.82) is 0 Å². The number of carboxylic acid groups (broad SMARTS) is 1. The number of aliphatic hydroxyl groups excluding tert-OH is 2. The van der Waals surface area contributed by atoms with Gasteiger partial charge >= 0.3 is 17.8 Å². The Balaban J connectivity index is 0.000000203. The molecule has 2 aliphatic carbocycles. The smallest absolute Gasteiger partial charge is 0.374 e. The third-order valence-electron chi connectivity index (χ3n) is 14.1. The third kappa shape index (κ3) is 17.9. The predicted octanol–water partition coefficient (Wildman–Crippen LogP) is 10.6. The summed E-state index contributed by atoms with van der Waals surface area (Å²) in [7, 11) is 0.